The minimum atomic E-state index is -1.45. The van der Waals surface area contributed by atoms with Crippen LogP contribution in [-0.2, 0) is 4.43 Å². The number of rotatable bonds is 6. The molecule has 1 nitrogen and oxygen atoms in total. The molecule has 3 heteroatoms. The van der Waals surface area contributed by atoms with Gasteiger partial charge in [0.05, 0.1) is 0 Å². The van der Waals surface area contributed by atoms with Crippen molar-refractivity contribution < 1.29 is 4.43 Å². The quantitative estimate of drug-likeness (QED) is 0.577. The Balaban J connectivity index is 2.64. The van der Waals surface area contributed by atoms with Gasteiger partial charge in [0.15, 0.2) is 0 Å². The third-order valence-corrected chi connectivity index (χ3v) is 4.82. The van der Waals surface area contributed by atoms with Crippen molar-refractivity contribution in [2.24, 2.45) is 0 Å². The van der Waals surface area contributed by atoms with Gasteiger partial charge in [-0.25, -0.2) is 0 Å². The Morgan fingerprint density at radius 1 is 1.24 bits per heavy atom. The van der Waals surface area contributed by atoms with Crippen LogP contribution in [0.3, 0.4) is 0 Å². The second kappa shape index (κ2) is 7.05. The van der Waals surface area contributed by atoms with E-state index in [0.29, 0.717) is 15.0 Å². The molecule has 0 fully saturated rings. The van der Waals surface area contributed by atoms with Crippen molar-refractivity contribution in [3.8, 4) is 0 Å². The normalized spacial score (nSPS) is 12.6. The van der Waals surface area contributed by atoms with Gasteiger partial charge in [-0.15, -0.1) is 0 Å². The van der Waals surface area contributed by atoms with Crippen LogP contribution in [0.2, 0.25) is 19.6 Å². The van der Waals surface area contributed by atoms with Crippen LogP contribution in [0.1, 0.15) is 19.8 Å². The fourth-order valence-electron chi connectivity index (χ4n) is 1.41. The molecular weight excluding hydrogens is 291 g/mol. The van der Waals surface area contributed by atoms with E-state index in [2.05, 4.69) is 61.9 Å². The van der Waals surface area contributed by atoms with Gasteiger partial charge in [0, 0.05) is 0 Å². The zero-order valence-corrected chi connectivity index (χ0v) is 13.9. The van der Waals surface area contributed by atoms with Crippen LogP contribution in [0.5, 0.6) is 0 Å². The van der Waals surface area contributed by atoms with Gasteiger partial charge in [-0.1, -0.05) is 0 Å². The van der Waals surface area contributed by atoms with E-state index in [1.165, 1.54) is 10.2 Å². The summed E-state index contributed by atoms with van der Waals surface area (Å²) in [7, 11) is -1.45. The zero-order chi connectivity index (χ0) is 12.7. The second-order valence-corrected chi connectivity index (χ2v) is 11.4. The molecule has 0 aromatic heterocycles. The molecule has 0 unspecified atom stereocenters. The Labute approximate surface area is 113 Å². The Bertz CT molecular complexity index is 354. The van der Waals surface area contributed by atoms with Crippen LogP contribution < -0.4 is 4.46 Å². The molecule has 0 aliphatic carbocycles. The van der Waals surface area contributed by atoms with Crippen molar-refractivity contribution in [3.05, 3.63) is 41.1 Å². The molecule has 0 aliphatic rings. The first-order chi connectivity index (χ1) is 8.01. The summed E-state index contributed by atoms with van der Waals surface area (Å²) in [5, 5.41) is 0. The van der Waals surface area contributed by atoms with Gasteiger partial charge in [0.1, 0.15) is 0 Å². The molecule has 0 atom stereocenters. The summed E-state index contributed by atoms with van der Waals surface area (Å²) < 4.78 is 7.53. The van der Waals surface area contributed by atoms with Gasteiger partial charge < -0.3 is 0 Å². The predicted octanol–water partition coefficient (Wildman–Crippen LogP) is 3.51. The third kappa shape index (κ3) is 6.72. The average Bonchev–Trinajstić information content (AvgIpc) is 2.26. The molecular formula is C14H22OSeSi. The topological polar surface area (TPSA) is 9.23 Å². The molecule has 1 aromatic rings. The van der Waals surface area contributed by atoms with Crippen molar-refractivity contribution in [1.82, 2.24) is 0 Å². The SMILES string of the molecule is CCC/C(=C\[Se]c1ccccc1)O[Si](C)(C)C. The first-order valence-corrected chi connectivity index (χ1v) is 11.4. The molecule has 0 spiro atoms. The zero-order valence-electron chi connectivity index (χ0n) is 11.2. The third-order valence-electron chi connectivity index (χ3n) is 2.00. The molecule has 94 valence electrons. The van der Waals surface area contributed by atoms with Crippen LogP contribution in [0, 0.1) is 0 Å². The van der Waals surface area contributed by atoms with Crippen LogP contribution in [0.4, 0.5) is 0 Å². The van der Waals surface area contributed by atoms with Gasteiger partial charge in [0.25, 0.3) is 0 Å². The van der Waals surface area contributed by atoms with E-state index in [4.69, 9.17) is 4.43 Å². The van der Waals surface area contributed by atoms with Crippen molar-refractivity contribution >= 4 is 27.7 Å². The Kier molecular flexibility index (Phi) is 6.03. The number of benzene rings is 1. The molecule has 0 saturated carbocycles. The van der Waals surface area contributed by atoms with Gasteiger partial charge >= 0.3 is 113 Å². The Hall–Kier alpha value is -0.504. The number of allylic oxidation sites excluding steroid dienone is 1. The van der Waals surface area contributed by atoms with E-state index in [9.17, 15) is 0 Å². The van der Waals surface area contributed by atoms with E-state index < -0.39 is 8.32 Å². The number of hydrogen-bond donors (Lipinski definition) is 0. The summed E-state index contributed by atoms with van der Waals surface area (Å²) in [4.78, 5) is 2.31. The van der Waals surface area contributed by atoms with Crippen molar-refractivity contribution in [3.63, 3.8) is 0 Å². The molecule has 17 heavy (non-hydrogen) atoms. The Morgan fingerprint density at radius 3 is 2.41 bits per heavy atom. The van der Waals surface area contributed by atoms with E-state index in [-0.39, 0.29) is 0 Å². The van der Waals surface area contributed by atoms with E-state index >= 15 is 0 Å². The molecule has 1 aromatic carbocycles. The van der Waals surface area contributed by atoms with Crippen molar-refractivity contribution in [2.75, 3.05) is 0 Å². The van der Waals surface area contributed by atoms with Gasteiger partial charge in [0.2, 0.25) is 0 Å². The molecule has 0 N–H and O–H groups in total. The van der Waals surface area contributed by atoms with Crippen LogP contribution in [-0.4, -0.2) is 23.3 Å². The summed E-state index contributed by atoms with van der Waals surface area (Å²) >= 11 is 0.394. The van der Waals surface area contributed by atoms with Crippen LogP contribution >= 0.6 is 0 Å². The Morgan fingerprint density at radius 2 is 1.88 bits per heavy atom. The maximum absolute atomic E-state index is 6.12. The predicted molar refractivity (Wildman–Crippen MR) is 79.3 cm³/mol. The maximum atomic E-state index is 6.12. The molecule has 0 bridgehead atoms. The van der Waals surface area contributed by atoms with Crippen LogP contribution in [0.15, 0.2) is 41.1 Å². The van der Waals surface area contributed by atoms with Gasteiger partial charge in [-0.05, 0) is 0 Å². The first-order valence-electron chi connectivity index (χ1n) is 6.11. The summed E-state index contributed by atoms with van der Waals surface area (Å²) in [5.74, 6) is 1.20. The monoisotopic (exact) mass is 314 g/mol. The van der Waals surface area contributed by atoms with Gasteiger partial charge in [-0.3, -0.25) is 0 Å². The molecule has 0 saturated heterocycles. The first kappa shape index (κ1) is 14.6. The van der Waals surface area contributed by atoms with E-state index in [0.717, 1.165) is 12.8 Å². The molecule has 1 rings (SSSR count). The fraction of sp³-hybridized carbons (Fsp3) is 0.429. The van der Waals surface area contributed by atoms with E-state index in [1.54, 1.807) is 0 Å². The standard InChI is InChI=1S/C14H22OSeSi/c1-5-9-13(15-17(2,3)4)12-16-14-10-7-6-8-11-14/h6-8,10-12H,5,9H2,1-4H3/b13-12+. The minimum absolute atomic E-state index is 0.394. The summed E-state index contributed by atoms with van der Waals surface area (Å²) in [5.41, 5.74) is 0. The van der Waals surface area contributed by atoms with Crippen molar-refractivity contribution in [1.29, 1.82) is 0 Å². The van der Waals surface area contributed by atoms with Gasteiger partial charge in [-0.2, -0.15) is 0 Å². The molecule has 0 heterocycles. The second-order valence-electron chi connectivity index (χ2n) is 4.98. The molecule has 0 radical (unpaired) electrons. The summed E-state index contributed by atoms with van der Waals surface area (Å²) in [6.45, 7) is 8.93. The average molecular weight is 313 g/mol. The van der Waals surface area contributed by atoms with Crippen molar-refractivity contribution in [2.45, 2.75) is 39.4 Å². The molecule has 0 amide bonds. The molecule has 0 aliphatic heterocycles. The summed E-state index contributed by atoms with van der Waals surface area (Å²) in [6.07, 6.45) is 2.22. The fourth-order valence-corrected chi connectivity index (χ4v) is 4.11. The number of hydrogen-bond acceptors (Lipinski definition) is 1. The van der Waals surface area contributed by atoms with E-state index in [1.807, 2.05) is 0 Å². The summed E-state index contributed by atoms with van der Waals surface area (Å²) in [6, 6.07) is 10.6. The van der Waals surface area contributed by atoms with Crippen LogP contribution in [0.25, 0.3) is 0 Å².